The van der Waals surface area contributed by atoms with Crippen LogP contribution in [0, 0.1) is 17.0 Å². The molecule has 4 aromatic rings. The molecule has 6 rings (SSSR count). The van der Waals surface area contributed by atoms with E-state index in [9.17, 15) is 37.5 Å². The molecule has 19 nitrogen and oxygen atoms in total. The smallest absolute Gasteiger partial charge is 0.257 e. The van der Waals surface area contributed by atoms with E-state index < -0.39 is 52.7 Å². The Morgan fingerprint density at radius 1 is 0.859 bits per heavy atom. The number of nitrogens with zero attached hydrogens (tertiary/aromatic N) is 4. The molecule has 6 atom stereocenters. The van der Waals surface area contributed by atoms with Crippen molar-refractivity contribution in [1.82, 2.24) is 41.0 Å². The van der Waals surface area contributed by atoms with E-state index >= 15 is 0 Å². The SMILES string of the molecule is CC[C@H](NC(=O)[C@H]1C[C@@H](NCCOCCOCCC(=O)N2CCN(C(=O)c3ccc(NC(=O)c4cnc(N)c(O[C@H](C)c5c(F)ccc(Cl)c5F)c4)cc3)CC2)CN1C(=O)[C@H](NC(=O)[C@@H](C)NC)C(C)(C)C)c1ccccc1. The summed E-state index contributed by atoms with van der Waals surface area (Å²) in [4.78, 5) is 89.9. The Labute approximate surface area is 459 Å². The van der Waals surface area contributed by atoms with Crippen LogP contribution in [0.1, 0.15) is 105 Å². The minimum absolute atomic E-state index is 0.0519. The van der Waals surface area contributed by atoms with Crippen LogP contribution in [-0.2, 0) is 28.7 Å². The summed E-state index contributed by atoms with van der Waals surface area (Å²) in [7, 11) is 1.67. The number of carbonyl (C=O) groups excluding carboxylic acids is 6. The van der Waals surface area contributed by atoms with Gasteiger partial charge in [0.05, 0.1) is 61.1 Å². The zero-order chi connectivity index (χ0) is 56.7. The molecule has 2 saturated heterocycles. The van der Waals surface area contributed by atoms with E-state index in [0.29, 0.717) is 63.4 Å². The van der Waals surface area contributed by atoms with Gasteiger partial charge in [-0.3, -0.25) is 28.8 Å². The number of likely N-dealkylation sites (tertiary alicyclic amines) is 1. The van der Waals surface area contributed by atoms with Gasteiger partial charge in [-0.05, 0) is 87.2 Å². The molecule has 7 N–H and O–H groups in total. The van der Waals surface area contributed by atoms with E-state index in [1.165, 1.54) is 19.2 Å². The van der Waals surface area contributed by atoms with Crippen LogP contribution >= 0.6 is 11.6 Å². The number of hydrogen-bond donors (Lipinski definition) is 6. The second-order valence-electron chi connectivity index (χ2n) is 20.4. The fourth-order valence-electron chi connectivity index (χ4n) is 9.12. The average Bonchev–Trinajstić information content (AvgIpc) is 3.87. The van der Waals surface area contributed by atoms with E-state index in [2.05, 4.69) is 31.6 Å². The quantitative estimate of drug-likeness (QED) is 0.0367. The second kappa shape index (κ2) is 28.2. The van der Waals surface area contributed by atoms with Crippen LogP contribution in [-0.4, -0.2) is 152 Å². The Bertz CT molecular complexity index is 2710. The van der Waals surface area contributed by atoms with E-state index in [4.69, 9.17) is 31.5 Å². The number of anilines is 2. The van der Waals surface area contributed by atoms with Crippen LogP contribution in [0.4, 0.5) is 20.3 Å². The topological polar surface area (TPSA) is 239 Å². The fourth-order valence-corrected chi connectivity index (χ4v) is 9.28. The number of piperazine rings is 1. The van der Waals surface area contributed by atoms with Gasteiger partial charge >= 0.3 is 0 Å². The number of rotatable bonds is 24. The monoisotopic (exact) mass is 1100 g/mol. The molecule has 0 unspecified atom stereocenters. The number of nitrogen functional groups attached to an aromatic ring is 1. The number of nitrogens with one attached hydrogen (secondary N) is 5. The van der Waals surface area contributed by atoms with Crippen molar-refractivity contribution >= 4 is 58.5 Å². The van der Waals surface area contributed by atoms with Crippen LogP contribution in [0.2, 0.25) is 5.02 Å². The number of amides is 6. The van der Waals surface area contributed by atoms with Gasteiger partial charge < -0.3 is 61.2 Å². The van der Waals surface area contributed by atoms with Gasteiger partial charge in [-0.1, -0.05) is 69.6 Å². The predicted octanol–water partition coefficient (Wildman–Crippen LogP) is 5.66. The molecule has 2 aliphatic rings. The Morgan fingerprint density at radius 2 is 1.53 bits per heavy atom. The Morgan fingerprint density at radius 3 is 2.18 bits per heavy atom. The maximum Gasteiger partial charge on any atom is 0.257 e. The summed E-state index contributed by atoms with van der Waals surface area (Å²) < 4.78 is 46.3. The number of ether oxygens (including phenoxy) is 3. The van der Waals surface area contributed by atoms with Gasteiger partial charge in [-0.25, -0.2) is 13.8 Å². The van der Waals surface area contributed by atoms with Crippen molar-refractivity contribution in [2.24, 2.45) is 5.41 Å². The molecule has 6 amide bonds. The number of aromatic nitrogens is 1. The van der Waals surface area contributed by atoms with Crippen molar-refractivity contribution in [2.75, 3.05) is 83.8 Å². The zero-order valence-corrected chi connectivity index (χ0v) is 46.1. The number of likely N-dealkylation sites (N-methyl/N-ethyl adjacent to an activating group) is 1. The lowest BCUT2D eigenvalue weighted by molar-refractivity contribution is -0.144. The van der Waals surface area contributed by atoms with Gasteiger partial charge in [-0.2, -0.15) is 0 Å². The second-order valence-corrected chi connectivity index (χ2v) is 20.8. The number of hydrogen-bond acceptors (Lipinski definition) is 13. The highest BCUT2D eigenvalue weighted by molar-refractivity contribution is 6.30. The van der Waals surface area contributed by atoms with Crippen molar-refractivity contribution < 1.29 is 51.8 Å². The molecule has 0 radical (unpaired) electrons. The molecule has 0 saturated carbocycles. The molecule has 3 aromatic carbocycles. The highest BCUT2D eigenvalue weighted by Crippen LogP contribution is 2.33. The van der Waals surface area contributed by atoms with Gasteiger partial charge in [0.25, 0.3) is 11.8 Å². The highest BCUT2D eigenvalue weighted by atomic mass is 35.5. The molecule has 2 aliphatic heterocycles. The van der Waals surface area contributed by atoms with Crippen molar-refractivity contribution in [3.05, 3.63) is 118 Å². The van der Waals surface area contributed by atoms with Crippen LogP contribution < -0.4 is 37.1 Å². The number of benzene rings is 3. The molecule has 3 heterocycles. The average molecular weight is 1100 g/mol. The van der Waals surface area contributed by atoms with Crippen LogP contribution in [0.5, 0.6) is 5.75 Å². The van der Waals surface area contributed by atoms with Crippen molar-refractivity contribution in [1.29, 1.82) is 0 Å². The Hall–Kier alpha value is -6.78. The molecule has 0 aliphatic carbocycles. The first kappa shape index (κ1) is 60.4. The number of pyridine rings is 1. The first-order chi connectivity index (χ1) is 37.2. The molecule has 22 heteroatoms. The van der Waals surface area contributed by atoms with Crippen LogP contribution in [0.3, 0.4) is 0 Å². The predicted molar refractivity (Wildman–Crippen MR) is 292 cm³/mol. The van der Waals surface area contributed by atoms with Gasteiger partial charge in [0, 0.05) is 62.8 Å². The molecule has 1 aromatic heterocycles. The Balaban J connectivity index is 0.888. The molecule has 0 spiro atoms. The molecule has 0 bridgehead atoms. The lowest BCUT2D eigenvalue weighted by Crippen LogP contribution is -2.59. The third-order valence-corrected chi connectivity index (χ3v) is 14.1. The minimum atomic E-state index is -1.16. The third-order valence-electron chi connectivity index (χ3n) is 13.8. The van der Waals surface area contributed by atoms with E-state index in [-0.39, 0.29) is 96.6 Å². The standard InChI is InChI=1S/C56H73ClF2N10O9/c1-8-43(36-12-10-9-11-13-36)65-53(73)44-31-40(33-69(44)55(75)49(56(4,5)6)66-51(71)34(2)61-7)62-21-27-77-29-28-76-26-20-46(70)67-22-24-68(25-23-67)54(74)37-14-16-39(17-15-37)64-52(72)38-30-45(50(60)63-32-38)78-35(3)47-42(58)19-18-41(57)48(47)59/h9-19,30,32,34-35,40,43-44,49,61-62H,8,20-29,31,33H2,1-7H3,(H2,60,63)(H,64,72)(H,65,73)(H,66,71)/t34-,35-,40-,43+,44-,49+/m1/s1. The third kappa shape index (κ3) is 16.2. The molecular formula is C56H73ClF2N10O9. The maximum absolute atomic E-state index is 14.6. The lowest BCUT2D eigenvalue weighted by atomic mass is 9.85. The number of carbonyl (C=O) groups is 6. The summed E-state index contributed by atoms with van der Waals surface area (Å²) in [5, 5.41) is 14.9. The maximum atomic E-state index is 14.6. The number of halogens is 3. The summed E-state index contributed by atoms with van der Waals surface area (Å²) in [5.74, 6) is -3.81. The molecule has 2 fully saturated rings. The van der Waals surface area contributed by atoms with Crippen molar-refractivity contribution in [3.8, 4) is 5.75 Å². The van der Waals surface area contributed by atoms with E-state index in [1.54, 1.807) is 52.9 Å². The van der Waals surface area contributed by atoms with Gasteiger partial charge in [0.2, 0.25) is 23.6 Å². The molecule has 422 valence electrons. The zero-order valence-electron chi connectivity index (χ0n) is 45.3. The molecular weight excluding hydrogens is 1030 g/mol. The normalized spacial score (nSPS) is 17.2. The Kier molecular flexibility index (Phi) is 21.9. The van der Waals surface area contributed by atoms with E-state index in [0.717, 1.165) is 17.7 Å². The van der Waals surface area contributed by atoms with E-state index in [1.807, 2.05) is 58.0 Å². The van der Waals surface area contributed by atoms with Gasteiger partial charge in [0.1, 0.15) is 24.0 Å². The number of nitrogens with two attached hydrogens (primary N) is 1. The van der Waals surface area contributed by atoms with Gasteiger partial charge in [0.15, 0.2) is 17.4 Å². The first-order valence-corrected chi connectivity index (χ1v) is 26.6. The lowest BCUT2D eigenvalue weighted by Gasteiger charge is -2.36. The summed E-state index contributed by atoms with van der Waals surface area (Å²) in [6.07, 6.45) is 1.26. The van der Waals surface area contributed by atoms with Crippen molar-refractivity contribution in [3.63, 3.8) is 0 Å². The minimum Gasteiger partial charge on any atom is -0.482 e. The molecule has 78 heavy (non-hydrogen) atoms. The van der Waals surface area contributed by atoms with Crippen LogP contribution in [0.25, 0.3) is 0 Å². The van der Waals surface area contributed by atoms with Crippen molar-refractivity contribution in [2.45, 2.75) is 97.1 Å². The highest BCUT2D eigenvalue weighted by Gasteiger charge is 2.45. The summed E-state index contributed by atoms with van der Waals surface area (Å²) in [6, 6.07) is 16.8. The largest absolute Gasteiger partial charge is 0.482 e. The van der Waals surface area contributed by atoms with Gasteiger partial charge in [-0.15, -0.1) is 0 Å². The summed E-state index contributed by atoms with van der Waals surface area (Å²) in [5.41, 5.74) is 6.70. The summed E-state index contributed by atoms with van der Waals surface area (Å²) >= 11 is 5.84. The fraction of sp³-hybridized carbons (Fsp3) is 0.482. The van der Waals surface area contributed by atoms with Crippen LogP contribution in [0.15, 0.2) is 79.0 Å². The summed E-state index contributed by atoms with van der Waals surface area (Å²) in [6.45, 7) is 14.0. The first-order valence-electron chi connectivity index (χ1n) is 26.3.